The van der Waals surface area contributed by atoms with Crippen LogP contribution < -0.4 is 0 Å². The van der Waals surface area contributed by atoms with Crippen LogP contribution in [0.1, 0.15) is 36.5 Å². The van der Waals surface area contributed by atoms with Gasteiger partial charge in [0, 0.05) is 19.1 Å². The molecule has 1 saturated heterocycles. The summed E-state index contributed by atoms with van der Waals surface area (Å²) in [5.41, 5.74) is 2.43. The normalized spacial score (nSPS) is 33.1. The molecule has 0 radical (unpaired) electrons. The molecule has 2 aliphatic rings. The van der Waals surface area contributed by atoms with E-state index >= 15 is 0 Å². The minimum Gasteiger partial charge on any atom is -0.387 e. The first-order valence-electron chi connectivity index (χ1n) is 6.86. The van der Waals surface area contributed by atoms with Gasteiger partial charge < -0.3 is 9.84 Å². The van der Waals surface area contributed by atoms with Gasteiger partial charge in [0.25, 0.3) is 0 Å². The van der Waals surface area contributed by atoms with Gasteiger partial charge in [-0.1, -0.05) is 31.2 Å². The van der Waals surface area contributed by atoms with Crippen LogP contribution in [0.15, 0.2) is 24.3 Å². The number of nitrogens with zero attached hydrogens (tertiary/aromatic N) is 1. The number of hydrogen-bond acceptors (Lipinski definition) is 3. The van der Waals surface area contributed by atoms with Crippen molar-refractivity contribution in [2.24, 2.45) is 0 Å². The van der Waals surface area contributed by atoms with Crippen LogP contribution in [0.3, 0.4) is 0 Å². The Morgan fingerprint density at radius 2 is 1.83 bits per heavy atom. The van der Waals surface area contributed by atoms with Crippen LogP contribution >= 0.6 is 0 Å². The fraction of sp³-hybridized carbons (Fsp3) is 0.600. The highest BCUT2D eigenvalue weighted by Crippen LogP contribution is 2.39. The average molecular weight is 247 g/mol. The molecule has 18 heavy (non-hydrogen) atoms. The van der Waals surface area contributed by atoms with Crippen molar-refractivity contribution in [1.82, 2.24) is 4.90 Å². The van der Waals surface area contributed by atoms with Gasteiger partial charge in [-0.3, -0.25) is 4.90 Å². The lowest BCUT2D eigenvalue weighted by atomic mass is 9.78. The van der Waals surface area contributed by atoms with E-state index in [2.05, 4.69) is 30.0 Å². The third-order valence-electron chi connectivity index (χ3n) is 4.32. The Balaban J connectivity index is 1.86. The number of hydrogen-bond donors (Lipinski definition) is 1. The maximum absolute atomic E-state index is 10.6. The van der Waals surface area contributed by atoms with Crippen LogP contribution in [-0.2, 0) is 4.74 Å². The molecule has 98 valence electrons. The SMILES string of the molecule is CC1CC(N2CCOCC2)C(O)c2ccccc21. The molecule has 1 aromatic rings. The molecular formula is C15H21NO2. The molecule has 0 bridgehead atoms. The maximum Gasteiger partial charge on any atom is 0.0948 e. The predicted molar refractivity (Wildman–Crippen MR) is 70.6 cm³/mol. The molecule has 3 atom stereocenters. The van der Waals surface area contributed by atoms with Crippen molar-refractivity contribution in [3.63, 3.8) is 0 Å². The van der Waals surface area contributed by atoms with E-state index in [9.17, 15) is 5.11 Å². The smallest absolute Gasteiger partial charge is 0.0948 e. The molecule has 1 heterocycles. The molecule has 1 aromatic carbocycles. The fourth-order valence-electron chi connectivity index (χ4n) is 3.31. The van der Waals surface area contributed by atoms with Crippen molar-refractivity contribution >= 4 is 0 Å². The van der Waals surface area contributed by atoms with Gasteiger partial charge in [0.1, 0.15) is 0 Å². The van der Waals surface area contributed by atoms with E-state index in [1.165, 1.54) is 5.56 Å². The molecule has 0 amide bonds. The molecule has 3 heteroatoms. The number of ether oxygens (including phenoxy) is 1. The zero-order valence-corrected chi connectivity index (χ0v) is 10.9. The Kier molecular flexibility index (Phi) is 3.37. The first-order chi connectivity index (χ1) is 8.77. The van der Waals surface area contributed by atoms with E-state index in [0.29, 0.717) is 5.92 Å². The van der Waals surface area contributed by atoms with Crippen molar-refractivity contribution in [3.8, 4) is 0 Å². The fourth-order valence-corrected chi connectivity index (χ4v) is 3.31. The van der Waals surface area contributed by atoms with E-state index < -0.39 is 0 Å². The topological polar surface area (TPSA) is 32.7 Å². The second kappa shape index (κ2) is 5.00. The standard InChI is InChI=1S/C15H21NO2/c1-11-10-14(16-6-8-18-9-7-16)15(17)13-5-3-2-4-12(11)13/h2-5,11,14-15,17H,6-10H2,1H3. The van der Waals surface area contributed by atoms with Gasteiger partial charge in [0.2, 0.25) is 0 Å². The Morgan fingerprint density at radius 3 is 2.56 bits per heavy atom. The third-order valence-corrected chi connectivity index (χ3v) is 4.32. The number of aliphatic hydroxyl groups is 1. The van der Waals surface area contributed by atoms with Gasteiger partial charge in [-0.05, 0) is 23.5 Å². The lowest BCUT2D eigenvalue weighted by Gasteiger charge is -2.42. The lowest BCUT2D eigenvalue weighted by molar-refractivity contribution is -0.0311. The van der Waals surface area contributed by atoms with Crippen molar-refractivity contribution in [2.75, 3.05) is 26.3 Å². The minimum absolute atomic E-state index is 0.249. The predicted octanol–water partition coefficient (Wildman–Crippen LogP) is 1.93. The van der Waals surface area contributed by atoms with Gasteiger partial charge in [-0.25, -0.2) is 0 Å². The van der Waals surface area contributed by atoms with Crippen LogP contribution in [-0.4, -0.2) is 42.4 Å². The van der Waals surface area contributed by atoms with Gasteiger partial charge in [-0.2, -0.15) is 0 Å². The van der Waals surface area contributed by atoms with Crippen LogP contribution in [0.25, 0.3) is 0 Å². The summed E-state index contributed by atoms with van der Waals surface area (Å²) >= 11 is 0. The number of aliphatic hydroxyl groups excluding tert-OH is 1. The van der Waals surface area contributed by atoms with Crippen LogP contribution in [0, 0.1) is 0 Å². The van der Waals surface area contributed by atoms with E-state index in [4.69, 9.17) is 4.74 Å². The van der Waals surface area contributed by atoms with Crippen LogP contribution in [0.2, 0.25) is 0 Å². The molecule has 1 fully saturated rings. The van der Waals surface area contributed by atoms with Crippen LogP contribution in [0.5, 0.6) is 0 Å². The van der Waals surface area contributed by atoms with Gasteiger partial charge >= 0.3 is 0 Å². The van der Waals surface area contributed by atoms with Crippen LogP contribution in [0.4, 0.5) is 0 Å². The minimum atomic E-state index is -0.351. The Morgan fingerprint density at radius 1 is 1.17 bits per heavy atom. The maximum atomic E-state index is 10.6. The van der Waals surface area contributed by atoms with E-state index in [0.717, 1.165) is 38.3 Å². The Hall–Kier alpha value is -0.900. The number of fused-ring (bicyclic) bond motifs is 1. The highest BCUT2D eigenvalue weighted by molar-refractivity contribution is 5.35. The first kappa shape index (κ1) is 12.2. The summed E-state index contributed by atoms with van der Waals surface area (Å²) in [5.74, 6) is 0.525. The summed E-state index contributed by atoms with van der Waals surface area (Å²) in [7, 11) is 0. The zero-order chi connectivity index (χ0) is 12.5. The van der Waals surface area contributed by atoms with Crippen molar-refractivity contribution in [3.05, 3.63) is 35.4 Å². The highest BCUT2D eigenvalue weighted by atomic mass is 16.5. The summed E-state index contributed by atoms with van der Waals surface area (Å²) in [4.78, 5) is 2.39. The Labute approximate surface area is 108 Å². The Bertz CT molecular complexity index is 415. The summed E-state index contributed by atoms with van der Waals surface area (Å²) in [6, 6.07) is 8.56. The highest BCUT2D eigenvalue weighted by Gasteiger charge is 2.35. The number of morpholine rings is 1. The second-order valence-corrected chi connectivity index (χ2v) is 5.43. The zero-order valence-electron chi connectivity index (χ0n) is 10.9. The summed E-state index contributed by atoms with van der Waals surface area (Å²) in [6.45, 7) is 5.73. The molecule has 3 nitrogen and oxygen atoms in total. The van der Waals surface area contributed by atoms with Crippen molar-refractivity contribution in [1.29, 1.82) is 0 Å². The summed E-state index contributed by atoms with van der Waals surface area (Å²) in [6.07, 6.45) is 0.688. The van der Waals surface area contributed by atoms with Gasteiger partial charge in [0.15, 0.2) is 0 Å². The van der Waals surface area contributed by atoms with Gasteiger partial charge in [-0.15, -0.1) is 0 Å². The molecule has 0 saturated carbocycles. The van der Waals surface area contributed by atoms with Crippen molar-refractivity contribution in [2.45, 2.75) is 31.4 Å². The number of benzene rings is 1. The summed E-state index contributed by atoms with van der Waals surface area (Å²) < 4.78 is 5.40. The molecule has 1 N–H and O–H groups in total. The molecule has 3 unspecified atom stereocenters. The lowest BCUT2D eigenvalue weighted by Crippen LogP contribution is -2.48. The van der Waals surface area contributed by atoms with Gasteiger partial charge in [0.05, 0.1) is 19.3 Å². The number of rotatable bonds is 1. The second-order valence-electron chi connectivity index (χ2n) is 5.43. The molecule has 1 aliphatic heterocycles. The van der Waals surface area contributed by atoms with Crippen molar-refractivity contribution < 1.29 is 9.84 Å². The van der Waals surface area contributed by atoms with E-state index in [1.807, 2.05) is 6.07 Å². The van der Waals surface area contributed by atoms with E-state index in [-0.39, 0.29) is 12.1 Å². The first-order valence-corrected chi connectivity index (χ1v) is 6.86. The monoisotopic (exact) mass is 247 g/mol. The molecule has 0 spiro atoms. The third kappa shape index (κ3) is 2.07. The van der Waals surface area contributed by atoms with E-state index in [1.54, 1.807) is 0 Å². The average Bonchev–Trinajstić information content (AvgIpc) is 2.44. The molecule has 1 aliphatic carbocycles. The summed E-state index contributed by atoms with van der Waals surface area (Å²) in [5, 5.41) is 10.6. The largest absolute Gasteiger partial charge is 0.387 e. The molecule has 3 rings (SSSR count). The molecular weight excluding hydrogens is 226 g/mol. The molecule has 0 aromatic heterocycles. The quantitative estimate of drug-likeness (QED) is 0.823.